The molecule has 0 aliphatic rings. The molecule has 0 fully saturated rings. The van der Waals surface area contributed by atoms with Crippen LogP contribution in [-0.4, -0.2) is 31.0 Å². The van der Waals surface area contributed by atoms with Crippen molar-refractivity contribution in [2.24, 2.45) is 0 Å². The fraction of sp³-hybridized carbons (Fsp3) is 0.500. The smallest absolute Gasteiger partial charge is 0.161 e. The van der Waals surface area contributed by atoms with Crippen molar-refractivity contribution in [3.05, 3.63) is 23.8 Å². The number of benzene rings is 1. The average molecular weight is 226 g/mol. The quantitative estimate of drug-likeness (QED) is 0.794. The molecular weight excluding hydrogens is 208 g/mol. The number of methoxy groups -OCH3 is 2. The molecule has 1 aromatic carbocycles. The highest BCUT2D eigenvalue weighted by atomic mass is 16.5. The van der Waals surface area contributed by atoms with Gasteiger partial charge in [-0.25, -0.2) is 0 Å². The fourth-order valence-corrected chi connectivity index (χ4v) is 1.53. The van der Waals surface area contributed by atoms with Gasteiger partial charge in [-0.05, 0) is 24.6 Å². The van der Waals surface area contributed by atoms with Crippen LogP contribution in [0.15, 0.2) is 18.2 Å². The minimum Gasteiger partial charge on any atom is -0.493 e. The molecule has 0 aliphatic carbocycles. The van der Waals surface area contributed by atoms with Crippen molar-refractivity contribution in [1.82, 2.24) is 0 Å². The summed E-state index contributed by atoms with van der Waals surface area (Å²) in [5.74, 6) is 1.18. The Hall–Kier alpha value is -1.26. The van der Waals surface area contributed by atoms with E-state index >= 15 is 0 Å². The van der Waals surface area contributed by atoms with Crippen LogP contribution < -0.4 is 9.47 Å². The van der Waals surface area contributed by atoms with Crippen molar-refractivity contribution in [3.63, 3.8) is 0 Å². The molecule has 1 aromatic rings. The first-order valence-corrected chi connectivity index (χ1v) is 5.11. The molecule has 0 saturated heterocycles. The summed E-state index contributed by atoms with van der Waals surface area (Å²) in [4.78, 5) is 0. The monoisotopic (exact) mass is 226 g/mol. The molecule has 4 nitrogen and oxygen atoms in total. The molecule has 0 aliphatic heterocycles. The van der Waals surface area contributed by atoms with Gasteiger partial charge in [0.2, 0.25) is 0 Å². The van der Waals surface area contributed by atoms with Crippen LogP contribution >= 0.6 is 0 Å². The Bertz CT molecular complexity index is 347. The normalized spacial score (nSPS) is 14.3. The van der Waals surface area contributed by atoms with E-state index in [1.165, 1.54) is 0 Å². The molecule has 2 N–H and O–H groups in total. The molecule has 0 radical (unpaired) electrons. The van der Waals surface area contributed by atoms with E-state index in [1.807, 2.05) is 0 Å². The van der Waals surface area contributed by atoms with Gasteiger partial charge in [-0.3, -0.25) is 0 Å². The highest BCUT2D eigenvalue weighted by Gasteiger charge is 2.23. The van der Waals surface area contributed by atoms with E-state index in [-0.39, 0.29) is 13.0 Å². The number of hydrogen-bond acceptors (Lipinski definition) is 4. The summed E-state index contributed by atoms with van der Waals surface area (Å²) in [6.07, 6.45) is 0.280. The lowest BCUT2D eigenvalue weighted by Gasteiger charge is -2.23. The molecule has 0 heterocycles. The molecule has 0 amide bonds. The van der Waals surface area contributed by atoms with E-state index in [0.29, 0.717) is 17.1 Å². The maximum Gasteiger partial charge on any atom is 0.161 e. The van der Waals surface area contributed by atoms with E-state index in [2.05, 4.69) is 0 Å². The predicted octanol–water partition coefficient (Wildman–Crippen LogP) is 1.29. The van der Waals surface area contributed by atoms with E-state index < -0.39 is 5.60 Å². The van der Waals surface area contributed by atoms with Crippen molar-refractivity contribution in [2.75, 3.05) is 20.8 Å². The third kappa shape index (κ3) is 2.65. The Balaban J connectivity index is 3.07. The third-order valence-electron chi connectivity index (χ3n) is 2.60. The zero-order valence-electron chi connectivity index (χ0n) is 9.86. The van der Waals surface area contributed by atoms with Gasteiger partial charge in [-0.1, -0.05) is 6.07 Å². The Kier molecular flexibility index (Phi) is 4.15. The minimum atomic E-state index is -1.06. The highest BCUT2D eigenvalue weighted by Crippen LogP contribution is 2.33. The number of ether oxygens (including phenoxy) is 2. The summed E-state index contributed by atoms with van der Waals surface area (Å²) < 4.78 is 10.3. The number of rotatable bonds is 5. The second-order valence-corrected chi connectivity index (χ2v) is 3.82. The standard InChI is InChI=1S/C12H18O4/c1-12(14,6-7-13)9-4-5-10(15-2)11(8-9)16-3/h4-5,8,13-14H,6-7H2,1-3H3. The summed E-state index contributed by atoms with van der Waals surface area (Å²) >= 11 is 0. The van der Waals surface area contributed by atoms with Crippen LogP contribution in [0.2, 0.25) is 0 Å². The molecule has 4 heteroatoms. The Labute approximate surface area is 95.4 Å². The Morgan fingerprint density at radius 2 is 1.81 bits per heavy atom. The summed E-state index contributed by atoms with van der Waals surface area (Å²) in [6.45, 7) is 1.59. The van der Waals surface area contributed by atoms with Crippen LogP contribution in [0.4, 0.5) is 0 Å². The van der Waals surface area contributed by atoms with Crippen molar-refractivity contribution in [3.8, 4) is 11.5 Å². The zero-order valence-corrected chi connectivity index (χ0v) is 9.86. The van der Waals surface area contributed by atoms with Crippen LogP contribution in [0.5, 0.6) is 11.5 Å². The van der Waals surface area contributed by atoms with Crippen molar-refractivity contribution in [2.45, 2.75) is 18.9 Å². The van der Waals surface area contributed by atoms with Gasteiger partial charge >= 0.3 is 0 Å². The van der Waals surface area contributed by atoms with Gasteiger partial charge in [0.25, 0.3) is 0 Å². The molecule has 0 bridgehead atoms. The van der Waals surface area contributed by atoms with Crippen LogP contribution in [-0.2, 0) is 5.60 Å². The van der Waals surface area contributed by atoms with Gasteiger partial charge in [-0.15, -0.1) is 0 Å². The average Bonchev–Trinajstić information content (AvgIpc) is 2.28. The lowest BCUT2D eigenvalue weighted by atomic mass is 9.92. The summed E-state index contributed by atoms with van der Waals surface area (Å²) in [5, 5.41) is 19.0. The SMILES string of the molecule is COc1ccc(C(C)(O)CCO)cc1OC. The largest absolute Gasteiger partial charge is 0.493 e. The predicted molar refractivity (Wildman–Crippen MR) is 60.8 cm³/mol. The summed E-state index contributed by atoms with van der Waals surface area (Å²) in [7, 11) is 3.10. The first-order valence-electron chi connectivity index (χ1n) is 5.11. The first-order chi connectivity index (χ1) is 7.55. The van der Waals surface area contributed by atoms with E-state index in [9.17, 15) is 5.11 Å². The molecule has 1 rings (SSSR count). The maximum atomic E-state index is 10.1. The zero-order chi connectivity index (χ0) is 12.2. The van der Waals surface area contributed by atoms with Gasteiger partial charge < -0.3 is 19.7 Å². The lowest BCUT2D eigenvalue weighted by Crippen LogP contribution is -2.22. The summed E-state index contributed by atoms with van der Waals surface area (Å²) in [6, 6.07) is 5.21. The number of aliphatic hydroxyl groups is 2. The van der Waals surface area contributed by atoms with Crippen molar-refractivity contribution < 1.29 is 19.7 Å². The van der Waals surface area contributed by atoms with Crippen molar-refractivity contribution in [1.29, 1.82) is 0 Å². The molecule has 0 saturated carbocycles. The Morgan fingerprint density at radius 3 is 2.31 bits per heavy atom. The Morgan fingerprint density at radius 1 is 1.19 bits per heavy atom. The molecule has 1 unspecified atom stereocenters. The van der Waals surface area contributed by atoms with Gasteiger partial charge in [0.05, 0.1) is 19.8 Å². The van der Waals surface area contributed by atoms with E-state index in [1.54, 1.807) is 39.3 Å². The summed E-state index contributed by atoms with van der Waals surface area (Å²) in [5.41, 5.74) is -0.368. The number of aliphatic hydroxyl groups excluding tert-OH is 1. The van der Waals surface area contributed by atoms with E-state index in [0.717, 1.165) is 0 Å². The first kappa shape index (κ1) is 12.8. The fourth-order valence-electron chi connectivity index (χ4n) is 1.53. The van der Waals surface area contributed by atoms with Gasteiger partial charge in [0.15, 0.2) is 11.5 Å². The van der Waals surface area contributed by atoms with Crippen LogP contribution in [0.1, 0.15) is 18.9 Å². The van der Waals surface area contributed by atoms with Crippen LogP contribution in [0, 0.1) is 0 Å². The minimum absolute atomic E-state index is 0.0681. The van der Waals surface area contributed by atoms with E-state index in [4.69, 9.17) is 14.6 Å². The second kappa shape index (κ2) is 5.18. The molecule has 1 atom stereocenters. The van der Waals surface area contributed by atoms with Crippen LogP contribution in [0.25, 0.3) is 0 Å². The van der Waals surface area contributed by atoms with Crippen molar-refractivity contribution >= 4 is 0 Å². The second-order valence-electron chi connectivity index (χ2n) is 3.82. The van der Waals surface area contributed by atoms with Crippen LogP contribution in [0.3, 0.4) is 0 Å². The van der Waals surface area contributed by atoms with Gasteiger partial charge in [-0.2, -0.15) is 0 Å². The molecule has 0 spiro atoms. The molecule has 16 heavy (non-hydrogen) atoms. The van der Waals surface area contributed by atoms with Gasteiger partial charge in [0, 0.05) is 13.0 Å². The highest BCUT2D eigenvalue weighted by molar-refractivity contribution is 5.44. The maximum absolute atomic E-state index is 10.1. The van der Waals surface area contributed by atoms with Gasteiger partial charge in [0.1, 0.15) is 0 Å². The lowest BCUT2D eigenvalue weighted by molar-refractivity contribution is 0.0297. The molecule has 0 aromatic heterocycles. The molecule has 90 valence electrons. The topological polar surface area (TPSA) is 58.9 Å². The number of hydrogen-bond donors (Lipinski definition) is 2. The molecular formula is C12H18O4. The third-order valence-corrected chi connectivity index (χ3v) is 2.60.